The molecule has 0 aromatic rings. The van der Waals surface area contributed by atoms with Crippen molar-refractivity contribution in [2.24, 2.45) is 11.8 Å². The molecule has 4 nitrogen and oxygen atoms in total. The van der Waals surface area contributed by atoms with Crippen molar-refractivity contribution >= 4 is 6.03 Å². The largest absolute Gasteiger partial charge is 0.371 e. The van der Waals surface area contributed by atoms with Gasteiger partial charge in [-0.2, -0.15) is 0 Å². The van der Waals surface area contributed by atoms with Crippen LogP contribution in [0.2, 0.25) is 0 Å². The Morgan fingerprint density at radius 2 is 2.05 bits per heavy atom. The van der Waals surface area contributed by atoms with Gasteiger partial charge in [-0.15, -0.1) is 0 Å². The number of fused-ring (bicyclic) bond motifs is 3. The van der Waals surface area contributed by atoms with Crippen LogP contribution < -0.4 is 0 Å². The third kappa shape index (κ3) is 2.26. The van der Waals surface area contributed by atoms with Crippen molar-refractivity contribution in [3.8, 4) is 0 Å². The topological polar surface area (TPSA) is 32.8 Å². The third-order valence-electron chi connectivity index (χ3n) is 6.57. The molecule has 1 heterocycles. The molecule has 0 N–H and O–H groups in total. The number of ether oxygens (including phenoxy) is 1. The highest BCUT2D eigenvalue weighted by Crippen LogP contribution is 2.53. The van der Waals surface area contributed by atoms with E-state index in [0.29, 0.717) is 12.0 Å². The standard InChI is InChI=1S/C17H28N2O2/c1-18(15-4-2-3-5-15)16(20)19-8-9-21-17(12-19)11-13-6-7-14(17)10-13/h13-15H,2-12H2,1H3. The van der Waals surface area contributed by atoms with Crippen molar-refractivity contribution in [3.05, 3.63) is 0 Å². The summed E-state index contributed by atoms with van der Waals surface area (Å²) in [5.41, 5.74) is 0.00728. The summed E-state index contributed by atoms with van der Waals surface area (Å²) >= 11 is 0. The van der Waals surface area contributed by atoms with Gasteiger partial charge in [-0.1, -0.05) is 12.8 Å². The first kappa shape index (κ1) is 13.9. The van der Waals surface area contributed by atoms with Gasteiger partial charge in [0.05, 0.1) is 18.8 Å². The van der Waals surface area contributed by atoms with Crippen molar-refractivity contribution in [2.75, 3.05) is 26.7 Å². The summed E-state index contributed by atoms with van der Waals surface area (Å²) in [6.07, 6.45) is 10.1. The van der Waals surface area contributed by atoms with Crippen LogP contribution in [0.4, 0.5) is 4.79 Å². The molecule has 0 aromatic heterocycles. The SMILES string of the molecule is CN(C(=O)N1CCOC2(CC3CCC2C3)C1)C1CCCC1. The van der Waals surface area contributed by atoms with Crippen molar-refractivity contribution in [1.29, 1.82) is 0 Å². The molecule has 1 saturated heterocycles. The van der Waals surface area contributed by atoms with Crippen LogP contribution in [0.3, 0.4) is 0 Å². The second-order valence-corrected chi connectivity index (χ2v) is 7.75. The fraction of sp³-hybridized carbons (Fsp3) is 0.941. The lowest BCUT2D eigenvalue weighted by Gasteiger charge is -2.46. The smallest absolute Gasteiger partial charge is 0.320 e. The average Bonchev–Trinajstić information content (AvgIpc) is 3.22. The zero-order chi connectivity index (χ0) is 14.4. The molecule has 2 amide bonds. The minimum atomic E-state index is 0.00728. The molecule has 3 saturated carbocycles. The highest BCUT2D eigenvalue weighted by atomic mass is 16.5. The Morgan fingerprint density at radius 3 is 2.71 bits per heavy atom. The zero-order valence-electron chi connectivity index (χ0n) is 13.2. The van der Waals surface area contributed by atoms with Gasteiger partial charge in [-0.05, 0) is 50.4 Å². The molecule has 2 bridgehead atoms. The average molecular weight is 292 g/mol. The van der Waals surface area contributed by atoms with Crippen molar-refractivity contribution < 1.29 is 9.53 Å². The summed E-state index contributed by atoms with van der Waals surface area (Å²) in [4.78, 5) is 16.9. The lowest BCUT2D eigenvalue weighted by atomic mass is 9.83. The summed E-state index contributed by atoms with van der Waals surface area (Å²) in [5, 5.41) is 0. The van der Waals surface area contributed by atoms with E-state index in [1.165, 1.54) is 51.4 Å². The molecule has 0 radical (unpaired) electrons. The molecule has 118 valence electrons. The van der Waals surface area contributed by atoms with Crippen LogP contribution in [0, 0.1) is 11.8 Å². The number of morpholine rings is 1. The van der Waals surface area contributed by atoms with Crippen LogP contribution in [0.1, 0.15) is 51.4 Å². The lowest BCUT2D eigenvalue weighted by molar-refractivity contribution is -0.129. The summed E-state index contributed by atoms with van der Waals surface area (Å²) in [6, 6.07) is 0.712. The Bertz CT molecular complexity index is 421. The van der Waals surface area contributed by atoms with Crippen LogP contribution in [0.5, 0.6) is 0 Å². The Balaban J connectivity index is 1.44. The van der Waals surface area contributed by atoms with E-state index in [4.69, 9.17) is 4.74 Å². The first-order chi connectivity index (χ1) is 10.2. The zero-order valence-corrected chi connectivity index (χ0v) is 13.2. The first-order valence-electron chi connectivity index (χ1n) is 8.84. The van der Waals surface area contributed by atoms with E-state index in [2.05, 4.69) is 4.90 Å². The van der Waals surface area contributed by atoms with Crippen molar-refractivity contribution in [2.45, 2.75) is 63.0 Å². The van der Waals surface area contributed by atoms with Crippen LogP contribution in [0.25, 0.3) is 0 Å². The maximum atomic E-state index is 12.8. The van der Waals surface area contributed by atoms with Crippen LogP contribution in [0.15, 0.2) is 0 Å². The van der Waals surface area contributed by atoms with Gasteiger partial charge in [-0.3, -0.25) is 0 Å². The maximum absolute atomic E-state index is 12.8. The Labute approximate surface area is 127 Å². The van der Waals surface area contributed by atoms with Crippen LogP contribution >= 0.6 is 0 Å². The van der Waals surface area contributed by atoms with E-state index < -0.39 is 0 Å². The Morgan fingerprint density at radius 1 is 1.24 bits per heavy atom. The first-order valence-corrected chi connectivity index (χ1v) is 8.84. The number of hydrogen-bond acceptors (Lipinski definition) is 2. The second-order valence-electron chi connectivity index (χ2n) is 7.75. The predicted molar refractivity (Wildman–Crippen MR) is 81.1 cm³/mol. The number of hydrogen-bond donors (Lipinski definition) is 0. The van der Waals surface area contributed by atoms with E-state index in [-0.39, 0.29) is 11.6 Å². The van der Waals surface area contributed by atoms with E-state index in [0.717, 1.165) is 25.6 Å². The van der Waals surface area contributed by atoms with Gasteiger partial charge in [0.1, 0.15) is 0 Å². The van der Waals surface area contributed by atoms with Gasteiger partial charge in [0, 0.05) is 19.6 Å². The summed E-state index contributed by atoms with van der Waals surface area (Å²) in [7, 11) is 2.00. The van der Waals surface area contributed by atoms with E-state index in [9.17, 15) is 4.79 Å². The second kappa shape index (κ2) is 5.15. The molecule has 0 aromatic carbocycles. The van der Waals surface area contributed by atoms with Crippen molar-refractivity contribution in [1.82, 2.24) is 9.80 Å². The summed E-state index contributed by atoms with van der Waals surface area (Å²) in [6.45, 7) is 2.34. The molecule has 4 rings (SSSR count). The molecule has 3 atom stereocenters. The number of amides is 2. The minimum Gasteiger partial charge on any atom is -0.371 e. The van der Waals surface area contributed by atoms with Gasteiger partial charge in [-0.25, -0.2) is 4.79 Å². The molecular weight excluding hydrogens is 264 g/mol. The van der Waals surface area contributed by atoms with E-state index in [1.54, 1.807) is 0 Å². The van der Waals surface area contributed by atoms with Gasteiger partial charge >= 0.3 is 6.03 Å². The molecule has 1 spiro atoms. The Hall–Kier alpha value is -0.770. The van der Waals surface area contributed by atoms with E-state index in [1.807, 2.05) is 11.9 Å². The number of carbonyl (C=O) groups is 1. The third-order valence-corrected chi connectivity index (χ3v) is 6.57. The van der Waals surface area contributed by atoms with Gasteiger partial charge < -0.3 is 14.5 Å². The number of nitrogens with zero attached hydrogens (tertiary/aromatic N) is 2. The number of rotatable bonds is 1. The minimum absolute atomic E-state index is 0.00728. The maximum Gasteiger partial charge on any atom is 0.320 e. The number of urea groups is 1. The van der Waals surface area contributed by atoms with Crippen LogP contribution in [-0.2, 0) is 4.74 Å². The molecule has 3 unspecified atom stereocenters. The Kier molecular flexibility index (Phi) is 3.40. The van der Waals surface area contributed by atoms with Crippen LogP contribution in [-0.4, -0.2) is 54.2 Å². The number of carbonyl (C=O) groups excluding carboxylic acids is 1. The molecule has 1 aliphatic heterocycles. The van der Waals surface area contributed by atoms with Gasteiger partial charge in [0.25, 0.3) is 0 Å². The summed E-state index contributed by atoms with van der Waals surface area (Å²) < 4.78 is 6.23. The molecule has 4 aliphatic rings. The fourth-order valence-electron chi connectivity index (χ4n) is 5.40. The van der Waals surface area contributed by atoms with Gasteiger partial charge in [0.15, 0.2) is 0 Å². The van der Waals surface area contributed by atoms with E-state index >= 15 is 0 Å². The monoisotopic (exact) mass is 292 g/mol. The molecule has 4 heteroatoms. The fourth-order valence-corrected chi connectivity index (χ4v) is 5.40. The quantitative estimate of drug-likeness (QED) is 0.744. The molecule has 3 aliphatic carbocycles. The predicted octanol–water partition coefficient (Wildman–Crippen LogP) is 2.87. The highest BCUT2D eigenvalue weighted by Gasteiger charge is 2.54. The summed E-state index contributed by atoms with van der Waals surface area (Å²) in [5.74, 6) is 1.56. The highest BCUT2D eigenvalue weighted by molar-refractivity contribution is 5.74. The molecular formula is C17H28N2O2. The van der Waals surface area contributed by atoms with Crippen molar-refractivity contribution in [3.63, 3.8) is 0 Å². The normalized spacial score (nSPS) is 39.4. The lowest BCUT2D eigenvalue weighted by Crippen LogP contribution is -2.58. The molecule has 21 heavy (non-hydrogen) atoms. The van der Waals surface area contributed by atoms with Gasteiger partial charge in [0.2, 0.25) is 0 Å². The molecule has 4 fully saturated rings.